The lowest BCUT2D eigenvalue weighted by atomic mass is 9.48. The number of ether oxygens (including phenoxy) is 1. The van der Waals surface area contributed by atoms with Gasteiger partial charge in [-0.15, -0.1) is 0 Å². The summed E-state index contributed by atoms with van der Waals surface area (Å²) in [5, 5.41) is 2.97. The summed E-state index contributed by atoms with van der Waals surface area (Å²) < 4.78 is 11.9. The summed E-state index contributed by atoms with van der Waals surface area (Å²) >= 11 is 0. The molecule has 4 aliphatic rings. The lowest BCUT2D eigenvalue weighted by molar-refractivity contribution is -0.0575. The molecule has 8 rings (SSSR count). The largest absolute Gasteiger partial charge is 0.457 e. The average molecular weight is 575 g/mol. The van der Waals surface area contributed by atoms with Crippen molar-refractivity contribution < 1.29 is 18.7 Å². The van der Waals surface area contributed by atoms with Gasteiger partial charge in [0.1, 0.15) is 12.4 Å². The van der Waals surface area contributed by atoms with Crippen molar-refractivity contribution in [2.45, 2.75) is 64.9 Å². The Bertz CT molecular complexity index is 1600. The molecular weight excluding hydrogens is 536 g/mol. The van der Waals surface area contributed by atoms with E-state index in [4.69, 9.17) is 14.1 Å². The summed E-state index contributed by atoms with van der Waals surface area (Å²) in [6.45, 7) is 2.21. The minimum Gasteiger partial charge on any atom is -0.457 e. The summed E-state index contributed by atoms with van der Waals surface area (Å²) in [6, 6.07) is 24.4. The van der Waals surface area contributed by atoms with Crippen LogP contribution in [0.4, 0.5) is 5.69 Å². The average Bonchev–Trinajstić information content (AvgIpc) is 3.43. The van der Waals surface area contributed by atoms with E-state index < -0.39 is 5.97 Å². The lowest BCUT2D eigenvalue weighted by Gasteiger charge is -2.57. The van der Waals surface area contributed by atoms with Gasteiger partial charge in [0.05, 0.1) is 5.56 Å². The number of hydrogen-bond donors (Lipinski definition) is 1. The fraction of sp³-hybridized carbons (Fsp3) is 0.378. The van der Waals surface area contributed by atoms with Gasteiger partial charge in [0.2, 0.25) is 5.89 Å². The molecule has 0 radical (unpaired) electrons. The number of amides is 1. The quantitative estimate of drug-likeness (QED) is 0.203. The van der Waals surface area contributed by atoms with Crippen molar-refractivity contribution in [1.29, 1.82) is 0 Å². The zero-order chi connectivity index (χ0) is 29.4. The van der Waals surface area contributed by atoms with Gasteiger partial charge >= 0.3 is 5.97 Å². The number of carbonyl (C=O) groups excluding carboxylic acids is 2. The number of nitrogens with zero attached hydrogens (tertiary/aromatic N) is 1. The van der Waals surface area contributed by atoms with Gasteiger partial charge in [0, 0.05) is 17.7 Å². The van der Waals surface area contributed by atoms with Gasteiger partial charge in [0.15, 0.2) is 5.69 Å². The Morgan fingerprint density at radius 3 is 2.33 bits per heavy atom. The molecular formula is C37H38N2O4. The third kappa shape index (κ3) is 5.88. The molecule has 1 aromatic heterocycles. The maximum atomic E-state index is 13.7. The molecule has 6 nitrogen and oxygen atoms in total. The van der Waals surface area contributed by atoms with Crippen LogP contribution in [0.3, 0.4) is 0 Å². The van der Waals surface area contributed by atoms with Crippen molar-refractivity contribution in [2.24, 2.45) is 23.2 Å². The highest BCUT2D eigenvalue weighted by Crippen LogP contribution is 2.61. The number of hydrogen-bond acceptors (Lipinski definition) is 5. The molecule has 0 aliphatic heterocycles. The smallest absolute Gasteiger partial charge is 0.338 e. The van der Waals surface area contributed by atoms with Crippen molar-refractivity contribution in [1.82, 2.24) is 4.98 Å². The van der Waals surface area contributed by atoms with Crippen molar-refractivity contribution in [3.8, 4) is 11.5 Å². The topological polar surface area (TPSA) is 81.4 Å². The van der Waals surface area contributed by atoms with Crippen LogP contribution in [0.1, 0.15) is 82.7 Å². The highest BCUT2D eigenvalue weighted by atomic mass is 16.5. The predicted molar refractivity (Wildman–Crippen MR) is 166 cm³/mol. The number of anilines is 1. The molecule has 3 aromatic carbocycles. The highest BCUT2D eigenvalue weighted by Gasteiger charge is 2.50. The van der Waals surface area contributed by atoms with E-state index in [1.54, 1.807) is 24.3 Å². The van der Waals surface area contributed by atoms with Crippen LogP contribution in [0, 0.1) is 30.1 Å². The molecule has 1 amide bonds. The van der Waals surface area contributed by atoms with E-state index in [-0.39, 0.29) is 12.5 Å². The number of aromatic nitrogens is 1. The molecule has 1 N–H and O–H groups in total. The molecule has 0 saturated heterocycles. The fourth-order valence-electron chi connectivity index (χ4n) is 8.32. The molecule has 0 unspecified atom stereocenters. The zero-order valence-corrected chi connectivity index (χ0v) is 24.7. The van der Waals surface area contributed by atoms with Gasteiger partial charge < -0.3 is 14.5 Å². The Balaban J connectivity index is 1.10. The molecule has 1 heterocycles. The molecule has 6 heteroatoms. The van der Waals surface area contributed by atoms with Crippen molar-refractivity contribution in [2.75, 3.05) is 5.32 Å². The lowest BCUT2D eigenvalue weighted by Crippen LogP contribution is -2.46. The van der Waals surface area contributed by atoms with Gasteiger partial charge in [-0.25, -0.2) is 9.78 Å². The summed E-state index contributed by atoms with van der Waals surface area (Å²) in [6.07, 6.45) is 9.88. The van der Waals surface area contributed by atoms with Gasteiger partial charge in [-0.2, -0.15) is 0 Å². The summed E-state index contributed by atoms with van der Waals surface area (Å²) in [5.41, 5.74) is 4.41. The number of carbonyl (C=O) groups is 2. The number of benzene rings is 3. The Hall–Kier alpha value is -4.19. The number of esters is 1. The van der Waals surface area contributed by atoms with Crippen molar-refractivity contribution in [3.05, 3.63) is 107 Å². The minimum absolute atomic E-state index is 0.184. The van der Waals surface area contributed by atoms with Crippen LogP contribution in [0.2, 0.25) is 0 Å². The Morgan fingerprint density at radius 2 is 1.60 bits per heavy atom. The van der Waals surface area contributed by atoms with E-state index in [0.29, 0.717) is 40.4 Å². The number of rotatable bonds is 9. The first-order valence-corrected chi connectivity index (χ1v) is 15.6. The van der Waals surface area contributed by atoms with E-state index >= 15 is 0 Å². The van der Waals surface area contributed by atoms with E-state index in [9.17, 15) is 9.59 Å². The molecule has 4 fully saturated rings. The molecule has 4 saturated carbocycles. The zero-order valence-electron chi connectivity index (χ0n) is 24.7. The molecule has 220 valence electrons. The van der Waals surface area contributed by atoms with Crippen molar-refractivity contribution in [3.63, 3.8) is 0 Å². The first-order valence-electron chi connectivity index (χ1n) is 15.6. The van der Waals surface area contributed by atoms with Gasteiger partial charge in [0.25, 0.3) is 5.91 Å². The third-order valence-electron chi connectivity index (χ3n) is 9.90. The first kappa shape index (κ1) is 27.6. The summed E-state index contributed by atoms with van der Waals surface area (Å²) in [5.74, 6) is 2.96. The number of oxazole rings is 1. The molecule has 0 spiro atoms. The molecule has 4 aliphatic carbocycles. The van der Waals surface area contributed by atoms with Crippen LogP contribution in [0.25, 0.3) is 11.5 Å². The highest BCUT2D eigenvalue weighted by molar-refractivity contribution is 6.04. The summed E-state index contributed by atoms with van der Waals surface area (Å²) in [7, 11) is 0. The van der Waals surface area contributed by atoms with Gasteiger partial charge in [-0.3, -0.25) is 4.79 Å². The Labute approximate surface area is 252 Å². The second kappa shape index (κ2) is 11.5. The van der Waals surface area contributed by atoms with E-state index in [2.05, 4.69) is 5.32 Å². The van der Waals surface area contributed by atoms with Crippen LogP contribution in [-0.4, -0.2) is 16.9 Å². The van der Waals surface area contributed by atoms with Crippen LogP contribution in [0.5, 0.6) is 0 Å². The third-order valence-corrected chi connectivity index (χ3v) is 9.90. The van der Waals surface area contributed by atoms with Crippen LogP contribution < -0.4 is 5.32 Å². The summed E-state index contributed by atoms with van der Waals surface area (Å²) in [4.78, 5) is 31.2. The molecule has 4 aromatic rings. The monoisotopic (exact) mass is 574 g/mol. The maximum absolute atomic E-state index is 13.7. The standard InChI is InChI=1S/C37H38N2O4/c1-24-8-5-6-13-31(24)35-39-33(32(43-35)14-15-37-20-26-16-27(21-37)18-28(17-26)22-37)34(40)38-30-12-7-11-29(19-30)36(41)42-23-25-9-3-2-4-10-25/h2-13,19,26-28H,14-18,20-23H2,1H3,(H,38,40). The molecule has 0 atom stereocenters. The second-order valence-electron chi connectivity index (χ2n) is 13.1. The molecule has 43 heavy (non-hydrogen) atoms. The van der Waals surface area contributed by atoms with Gasteiger partial charge in [-0.1, -0.05) is 54.6 Å². The Morgan fingerprint density at radius 1 is 0.907 bits per heavy atom. The van der Waals surface area contributed by atoms with Crippen molar-refractivity contribution >= 4 is 17.6 Å². The Kier molecular flexibility index (Phi) is 7.38. The number of nitrogens with one attached hydrogen (secondary N) is 1. The van der Waals surface area contributed by atoms with E-state index in [0.717, 1.165) is 40.9 Å². The second-order valence-corrected chi connectivity index (χ2v) is 13.1. The fourth-order valence-corrected chi connectivity index (χ4v) is 8.32. The minimum atomic E-state index is -0.445. The SMILES string of the molecule is Cc1ccccc1-c1nc(C(=O)Nc2cccc(C(=O)OCc3ccccc3)c2)c(CCC23CC4CC(CC(C4)C2)C3)o1. The number of aryl methyl sites for hydroxylation is 2. The van der Waals surface area contributed by atoms with Gasteiger partial charge in [-0.05, 0) is 110 Å². The van der Waals surface area contributed by atoms with Crippen LogP contribution >= 0.6 is 0 Å². The molecule has 4 bridgehead atoms. The van der Waals surface area contributed by atoms with Crippen LogP contribution in [-0.2, 0) is 17.8 Å². The normalized spacial score (nSPS) is 23.7. The van der Waals surface area contributed by atoms with Crippen LogP contribution in [0.15, 0.2) is 83.3 Å². The van der Waals surface area contributed by atoms with E-state index in [1.807, 2.05) is 61.5 Å². The first-order chi connectivity index (χ1) is 20.9. The van der Waals surface area contributed by atoms with E-state index in [1.165, 1.54) is 38.5 Å². The maximum Gasteiger partial charge on any atom is 0.338 e. The predicted octanol–water partition coefficient (Wildman–Crippen LogP) is 8.41.